The number of nitrogens with zero attached hydrogens (tertiary/aromatic N) is 2. The third kappa shape index (κ3) is 3.26. The summed E-state index contributed by atoms with van der Waals surface area (Å²) in [6.45, 7) is 4.74. The first-order valence-electron chi connectivity index (χ1n) is 6.52. The van der Waals surface area contributed by atoms with Gasteiger partial charge in [-0.05, 0) is 37.7 Å². The molecule has 0 saturated heterocycles. The summed E-state index contributed by atoms with van der Waals surface area (Å²) in [7, 11) is 1.65. The van der Waals surface area contributed by atoms with Crippen LogP contribution in [0.25, 0.3) is 0 Å². The van der Waals surface area contributed by atoms with E-state index in [1.54, 1.807) is 13.3 Å². The fourth-order valence-electron chi connectivity index (χ4n) is 2.14. The van der Waals surface area contributed by atoms with E-state index >= 15 is 0 Å². The largest absolute Gasteiger partial charge is 0.496 e. The van der Waals surface area contributed by atoms with Crippen LogP contribution in [0.3, 0.4) is 0 Å². The Labute approximate surface area is 124 Å². The second-order valence-corrected chi connectivity index (χ2v) is 4.84. The molecule has 1 aromatic carbocycles. The predicted octanol–water partition coefficient (Wildman–Crippen LogP) is 3.15. The molecule has 1 aromatic heterocycles. The highest BCUT2D eigenvalue weighted by atomic mass is 35.5. The second-order valence-electron chi connectivity index (χ2n) is 4.41. The predicted molar refractivity (Wildman–Crippen MR) is 80.3 cm³/mol. The zero-order valence-corrected chi connectivity index (χ0v) is 12.6. The number of ether oxygens (including phenoxy) is 1. The van der Waals surface area contributed by atoms with Gasteiger partial charge in [0.1, 0.15) is 11.6 Å². The summed E-state index contributed by atoms with van der Waals surface area (Å²) in [6, 6.07) is 7.43. The molecule has 2 rings (SSSR count). The van der Waals surface area contributed by atoms with Gasteiger partial charge in [0.25, 0.3) is 0 Å². The Hall–Kier alpha value is -1.65. The van der Waals surface area contributed by atoms with Crippen LogP contribution in [-0.2, 0) is 0 Å². The quantitative estimate of drug-likeness (QED) is 0.919. The van der Waals surface area contributed by atoms with E-state index in [0.717, 1.165) is 29.4 Å². The summed E-state index contributed by atoms with van der Waals surface area (Å²) >= 11 is 6.12. The minimum absolute atomic E-state index is 0.0738. The van der Waals surface area contributed by atoms with Crippen molar-refractivity contribution in [3.8, 4) is 5.75 Å². The van der Waals surface area contributed by atoms with Crippen molar-refractivity contribution in [3.05, 3.63) is 52.6 Å². The third-order valence-electron chi connectivity index (χ3n) is 3.00. The average Bonchev–Trinajstić information content (AvgIpc) is 2.44. The number of methoxy groups -OCH3 is 1. The highest BCUT2D eigenvalue weighted by Crippen LogP contribution is 2.31. The van der Waals surface area contributed by atoms with Crippen molar-refractivity contribution in [1.82, 2.24) is 15.3 Å². The molecule has 106 valence electrons. The van der Waals surface area contributed by atoms with Gasteiger partial charge in [0.05, 0.1) is 18.8 Å². The highest BCUT2D eigenvalue weighted by molar-refractivity contribution is 6.30. The van der Waals surface area contributed by atoms with E-state index in [0.29, 0.717) is 5.02 Å². The maximum absolute atomic E-state index is 6.12. The maximum atomic E-state index is 6.12. The number of aryl methyl sites for hydroxylation is 1. The van der Waals surface area contributed by atoms with Gasteiger partial charge >= 0.3 is 0 Å². The van der Waals surface area contributed by atoms with Crippen molar-refractivity contribution in [1.29, 1.82) is 0 Å². The molecule has 1 heterocycles. The van der Waals surface area contributed by atoms with E-state index < -0.39 is 0 Å². The molecule has 1 atom stereocenters. The molecule has 5 heteroatoms. The van der Waals surface area contributed by atoms with E-state index in [4.69, 9.17) is 16.3 Å². The zero-order chi connectivity index (χ0) is 14.5. The molecule has 0 aliphatic carbocycles. The molecule has 0 saturated carbocycles. The van der Waals surface area contributed by atoms with Crippen LogP contribution in [0.4, 0.5) is 0 Å². The van der Waals surface area contributed by atoms with Gasteiger partial charge in [0, 0.05) is 16.8 Å². The highest BCUT2D eigenvalue weighted by Gasteiger charge is 2.19. The fraction of sp³-hybridized carbons (Fsp3) is 0.333. The van der Waals surface area contributed by atoms with E-state index in [9.17, 15) is 0 Å². The van der Waals surface area contributed by atoms with E-state index in [1.165, 1.54) is 0 Å². The first kappa shape index (κ1) is 14.8. The number of nitrogens with one attached hydrogen (secondary N) is 1. The summed E-state index contributed by atoms with van der Waals surface area (Å²) < 4.78 is 5.44. The number of hydrogen-bond donors (Lipinski definition) is 1. The molecule has 20 heavy (non-hydrogen) atoms. The van der Waals surface area contributed by atoms with Crippen molar-refractivity contribution in [2.45, 2.75) is 19.9 Å². The van der Waals surface area contributed by atoms with Crippen molar-refractivity contribution in [2.75, 3.05) is 13.7 Å². The Bertz CT molecular complexity index is 589. The molecule has 0 bridgehead atoms. The smallest absolute Gasteiger partial charge is 0.125 e. The van der Waals surface area contributed by atoms with E-state index in [2.05, 4.69) is 22.2 Å². The molecule has 4 nitrogen and oxygen atoms in total. The molecular formula is C15H18ClN3O. The van der Waals surface area contributed by atoms with Crippen LogP contribution < -0.4 is 10.1 Å². The summed E-state index contributed by atoms with van der Waals surface area (Å²) in [6.07, 6.45) is 1.76. The first-order valence-corrected chi connectivity index (χ1v) is 6.90. The Balaban J connectivity index is 2.50. The number of aromatic nitrogens is 2. The molecule has 0 fully saturated rings. The van der Waals surface area contributed by atoms with Crippen LogP contribution in [-0.4, -0.2) is 23.6 Å². The van der Waals surface area contributed by atoms with Crippen molar-refractivity contribution in [3.63, 3.8) is 0 Å². The maximum Gasteiger partial charge on any atom is 0.125 e. The van der Waals surface area contributed by atoms with Crippen molar-refractivity contribution < 1.29 is 4.74 Å². The molecule has 0 radical (unpaired) electrons. The summed E-state index contributed by atoms with van der Waals surface area (Å²) in [4.78, 5) is 8.64. The Morgan fingerprint density at radius 1 is 1.35 bits per heavy atom. The normalized spacial score (nSPS) is 12.2. The summed E-state index contributed by atoms with van der Waals surface area (Å²) in [5.41, 5.74) is 1.87. The Kier molecular flexibility index (Phi) is 4.93. The Morgan fingerprint density at radius 3 is 2.80 bits per heavy atom. The number of rotatable bonds is 5. The molecule has 0 amide bonds. The minimum Gasteiger partial charge on any atom is -0.496 e. The van der Waals surface area contributed by atoms with E-state index in [-0.39, 0.29) is 6.04 Å². The number of hydrogen-bond acceptors (Lipinski definition) is 4. The molecule has 1 N–H and O–H groups in total. The van der Waals surface area contributed by atoms with Gasteiger partial charge in [0.15, 0.2) is 0 Å². The molecule has 0 spiro atoms. The SMILES string of the molecule is CCNC(c1ccnc(C)n1)c1cc(Cl)ccc1OC. The van der Waals surface area contributed by atoms with Gasteiger partial charge in [-0.2, -0.15) is 0 Å². The van der Waals surface area contributed by atoms with Crippen LogP contribution in [0.5, 0.6) is 5.75 Å². The third-order valence-corrected chi connectivity index (χ3v) is 3.24. The first-order chi connectivity index (χ1) is 9.65. The second kappa shape index (κ2) is 6.68. The zero-order valence-electron chi connectivity index (χ0n) is 11.9. The standard InChI is InChI=1S/C15H18ClN3O/c1-4-17-15(13-7-8-18-10(2)19-13)12-9-11(16)5-6-14(12)20-3/h5-9,15,17H,4H2,1-3H3. The van der Waals surface area contributed by atoms with Gasteiger partial charge < -0.3 is 10.1 Å². The van der Waals surface area contributed by atoms with Gasteiger partial charge in [0.2, 0.25) is 0 Å². The lowest BCUT2D eigenvalue weighted by molar-refractivity contribution is 0.403. The number of benzene rings is 1. The van der Waals surface area contributed by atoms with Gasteiger partial charge in [-0.15, -0.1) is 0 Å². The monoisotopic (exact) mass is 291 g/mol. The van der Waals surface area contributed by atoms with Crippen molar-refractivity contribution in [2.24, 2.45) is 0 Å². The summed E-state index contributed by atoms with van der Waals surface area (Å²) in [5.74, 6) is 1.53. The van der Waals surface area contributed by atoms with Crippen molar-refractivity contribution >= 4 is 11.6 Å². The topological polar surface area (TPSA) is 47.0 Å². The van der Waals surface area contributed by atoms with Gasteiger partial charge in [-0.3, -0.25) is 0 Å². The van der Waals surface area contributed by atoms with Crippen LogP contribution in [0.15, 0.2) is 30.5 Å². The lowest BCUT2D eigenvalue weighted by atomic mass is 10.0. The number of halogens is 1. The average molecular weight is 292 g/mol. The molecular weight excluding hydrogens is 274 g/mol. The molecule has 0 aliphatic rings. The lowest BCUT2D eigenvalue weighted by Crippen LogP contribution is -2.24. The lowest BCUT2D eigenvalue weighted by Gasteiger charge is -2.20. The fourth-order valence-corrected chi connectivity index (χ4v) is 2.32. The van der Waals surface area contributed by atoms with Crippen LogP contribution in [0.2, 0.25) is 5.02 Å². The minimum atomic E-state index is -0.0738. The molecule has 1 unspecified atom stereocenters. The molecule has 0 aliphatic heterocycles. The van der Waals surface area contributed by atoms with E-state index in [1.807, 2.05) is 31.2 Å². The summed E-state index contributed by atoms with van der Waals surface area (Å²) in [5, 5.41) is 4.09. The van der Waals surface area contributed by atoms with Crippen LogP contribution in [0.1, 0.15) is 30.0 Å². The molecule has 2 aromatic rings. The van der Waals surface area contributed by atoms with Gasteiger partial charge in [-0.25, -0.2) is 9.97 Å². The van der Waals surface area contributed by atoms with Crippen LogP contribution >= 0.6 is 11.6 Å². The Morgan fingerprint density at radius 2 is 2.15 bits per heavy atom. The van der Waals surface area contributed by atoms with Gasteiger partial charge in [-0.1, -0.05) is 18.5 Å². The van der Waals surface area contributed by atoms with Crippen LogP contribution in [0, 0.1) is 6.92 Å².